The molecule has 0 aliphatic rings. The molecule has 3 nitrogen and oxygen atoms in total. The first-order valence-corrected chi connectivity index (χ1v) is 6.84. The van der Waals surface area contributed by atoms with E-state index in [9.17, 15) is 5.11 Å². The van der Waals surface area contributed by atoms with Crippen LogP contribution in [-0.4, -0.2) is 31.0 Å². The molecule has 0 bridgehead atoms. The van der Waals surface area contributed by atoms with Crippen molar-refractivity contribution in [1.82, 2.24) is 0 Å². The molecular weight excluding hydrogens is 226 g/mol. The van der Waals surface area contributed by atoms with Gasteiger partial charge in [-0.2, -0.15) is 0 Å². The van der Waals surface area contributed by atoms with Crippen molar-refractivity contribution in [2.45, 2.75) is 39.2 Å². The third kappa shape index (κ3) is 6.03. The molecule has 0 radical (unpaired) electrons. The number of hydrogen-bond donors (Lipinski definition) is 2. The summed E-state index contributed by atoms with van der Waals surface area (Å²) in [5.41, 5.74) is 2.36. The summed E-state index contributed by atoms with van der Waals surface area (Å²) < 4.78 is 5.38. The Morgan fingerprint density at radius 2 is 2.17 bits per heavy atom. The normalized spacial score (nSPS) is 12.4. The van der Waals surface area contributed by atoms with Crippen molar-refractivity contribution in [2.24, 2.45) is 0 Å². The fourth-order valence-corrected chi connectivity index (χ4v) is 1.66. The van der Waals surface area contributed by atoms with E-state index in [1.54, 1.807) is 0 Å². The summed E-state index contributed by atoms with van der Waals surface area (Å²) in [5, 5.41) is 13.0. The van der Waals surface area contributed by atoms with Crippen LogP contribution in [0.4, 0.5) is 5.69 Å². The van der Waals surface area contributed by atoms with E-state index in [4.69, 9.17) is 4.74 Å². The average molecular weight is 251 g/mol. The zero-order chi connectivity index (χ0) is 13.2. The Hall–Kier alpha value is -1.06. The SMILES string of the molecule is CCCCOCC(O)CNc1cccc(CC)c1. The number of ether oxygens (including phenoxy) is 1. The van der Waals surface area contributed by atoms with Gasteiger partial charge in [0, 0.05) is 18.8 Å². The van der Waals surface area contributed by atoms with Gasteiger partial charge in [0.05, 0.1) is 12.7 Å². The Morgan fingerprint density at radius 3 is 2.89 bits per heavy atom. The molecule has 18 heavy (non-hydrogen) atoms. The van der Waals surface area contributed by atoms with E-state index >= 15 is 0 Å². The van der Waals surface area contributed by atoms with Crippen molar-refractivity contribution < 1.29 is 9.84 Å². The van der Waals surface area contributed by atoms with Gasteiger partial charge in [-0.25, -0.2) is 0 Å². The zero-order valence-corrected chi connectivity index (χ0v) is 11.5. The van der Waals surface area contributed by atoms with Crippen LogP contribution in [0.15, 0.2) is 24.3 Å². The fourth-order valence-electron chi connectivity index (χ4n) is 1.66. The van der Waals surface area contributed by atoms with Crippen molar-refractivity contribution >= 4 is 5.69 Å². The Labute approximate surface area is 110 Å². The Morgan fingerprint density at radius 1 is 1.33 bits per heavy atom. The molecule has 1 rings (SSSR count). The smallest absolute Gasteiger partial charge is 0.0945 e. The Bertz CT molecular complexity index is 328. The van der Waals surface area contributed by atoms with Crippen molar-refractivity contribution in [3.05, 3.63) is 29.8 Å². The molecule has 102 valence electrons. The number of unbranched alkanes of at least 4 members (excludes halogenated alkanes) is 1. The van der Waals surface area contributed by atoms with Crippen LogP contribution in [0.3, 0.4) is 0 Å². The van der Waals surface area contributed by atoms with Gasteiger partial charge in [0.25, 0.3) is 0 Å². The van der Waals surface area contributed by atoms with Crippen molar-refractivity contribution in [3.63, 3.8) is 0 Å². The second kappa shape index (κ2) is 8.95. The lowest BCUT2D eigenvalue weighted by Gasteiger charge is -2.13. The van der Waals surface area contributed by atoms with Crippen molar-refractivity contribution in [2.75, 3.05) is 25.1 Å². The minimum Gasteiger partial charge on any atom is -0.389 e. The molecule has 0 saturated heterocycles. The van der Waals surface area contributed by atoms with Crippen LogP contribution in [0.2, 0.25) is 0 Å². The number of aliphatic hydroxyl groups is 1. The topological polar surface area (TPSA) is 41.5 Å². The van der Waals surface area contributed by atoms with Crippen molar-refractivity contribution in [3.8, 4) is 0 Å². The predicted octanol–water partition coefficient (Wildman–Crippen LogP) is 2.84. The molecule has 0 aliphatic heterocycles. The molecule has 1 unspecified atom stereocenters. The molecule has 1 atom stereocenters. The van der Waals surface area contributed by atoms with Crippen LogP contribution < -0.4 is 5.32 Å². The molecule has 0 amide bonds. The van der Waals surface area contributed by atoms with Gasteiger partial charge in [-0.05, 0) is 30.5 Å². The van der Waals surface area contributed by atoms with Crippen LogP contribution in [-0.2, 0) is 11.2 Å². The monoisotopic (exact) mass is 251 g/mol. The summed E-state index contributed by atoms with van der Waals surface area (Å²) in [6.45, 7) is 5.93. The van der Waals surface area contributed by atoms with E-state index < -0.39 is 6.10 Å². The molecule has 1 aromatic carbocycles. The van der Waals surface area contributed by atoms with Gasteiger partial charge in [0.15, 0.2) is 0 Å². The number of rotatable bonds is 9. The lowest BCUT2D eigenvalue weighted by atomic mass is 10.1. The molecular formula is C15H25NO2. The maximum Gasteiger partial charge on any atom is 0.0945 e. The van der Waals surface area contributed by atoms with Gasteiger partial charge in [-0.1, -0.05) is 32.4 Å². The average Bonchev–Trinajstić information content (AvgIpc) is 2.41. The van der Waals surface area contributed by atoms with E-state index in [0.29, 0.717) is 13.2 Å². The van der Waals surface area contributed by atoms with Gasteiger partial charge in [-0.3, -0.25) is 0 Å². The summed E-state index contributed by atoms with van der Waals surface area (Å²) in [5.74, 6) is 0. The molecule has 0 aliphatic carbocycles. The summed E-state index contributed by atoms with van der Waals surface area (Å²) >= 11 is 0. The number of aryl methyl sites for hydroxylation is 1. The maximum absolute atomic E-state index is 9.75. The summed E-state index contributed by atoms with van der Waals surface area (Å²) in [6.07, 6.45) is 2.75. The van der Waals surface area contributed by atoms with Gasteiger partial charge in [0.2, 0.25) is 0 Å². The first-order valence-electron chi connectivity index (χ1n) is 6.84. The van der Waals surface area contributed by atoms with Crippen LogP contribution >= 0.6 is 0 Å². The van der Waals surface area contributed by atoms with Gasteiger partial charge in [0.1, 0.15) is 0 Å². The number of anilines is 1. The summed E-state index contributed by atoms with van der Waals surface area (Å²) in [4.78, 5) is 0. The zero-order valence-electron chi connectivity index (χ0n) is 11.5. The molecule has 3 heteroatoms. The molecule has 0 heterocycles. The quantitative estimate of drug-likeness (QED) is 0.663. The van der Waals surface area contributed by atoms with E-state index in [2.05, 4.69) is 31.3 Å². The minimum atomic E-state index is -0.452. The van der Waals surface area contributed by atoms with E-state index in [-0.39, 0.29) is 0 Å². The highest BCUT2D eigenvalue weighted by molar-refractivity contribution is 5.45. The largest absolute Gasteiger partial charge is 0.389 e. The van der Waals surface area contributed by atoms with Gasteiger partial charge >= 0.3 is 0 Å². The number of nitrogens with one attached hydrogen (secondary N) is 1. The Kier molecular flexibility index (Phi) is 7.46. The number of hydrogen-bond acceptors (Lipinski definition) is 3. The second-order valence-corrected chi connectivity index (χ2v) is 4.52. The van der Waals surface area contributed by atoms with Gasteiger partial charge in [-0.15, -0.1) is 0 Å². The maximum atomic E-state index is 9.75. The minimum absolute atomic E-state index is 0.403. The fraction of sp³-hybridized carbons (Fsp3) is 0.600. The van der Waals surface area contributed by atoms with Crippen LogP contribution in [0.1, 0.15) is 32.3 Å². The van der Waals surface area contributed by atoms with E-state index in [1.165, 1.54) is 5.56 Å². The third-order valence-electron chi connectivity index (χ3n) is 2.83. The lowest BCUT2D eigenvalue weighted by Crippen LogP contribution is -2.25. The summed E-state index contributed by atoms with van der Waals surface area (Å²) in [7, 11) is 0. The summed E-state index contributed by atoms with van der Waals surface area (Å²) in [6, 6.07) is 8.27. The highest BCUT2D eigenvalue weighted by Crippen LogP contribution is 2.10. The lowest BCUT2D eigenvalue weighted by molar-refractivity contribution is 0.0422. The molecule has 1 aromatic rings. The molecule has 0 fully saturated rings. The van der Waals surface area contributed by atoms with Gasteiger partial charge < -0.3 is 15.2 Å². The number of benzene rings is 1. The first kappa shape index (κ1) is 15.0. The highest BCUT2D eigenvalue weighted by Gasteiger charge is 2.04. The third-order valence-corrected chi connectivity index (χ3v) is 2.83. The molecule has 0 aromatic heterocycles. The number of aliphatic hydroxyl groups excluding tert-OH is 1. The second-order valence-electron chi connectivity index (χ2n) is 4.52. The van der Waals surface area contributed by atoms with Crippen LogP contribution in [0.25, 0.3) is 0 Å². The van der Waals surface area contributed by atoms with Crippen LogP contribution in [0.5, 0.6) is 0 Å². The standard InChI is InChI=1S/C15H25NO2/c1-3-5-9-18-12-15(17)11-16-14-8-6-7-13(4-2)10-14/h6-8,10,15-17H,3-5,9,11-12H2,1-2H3. The van der Waals surface area contributed by atoms with Crippen LogP contribution in [0, 0.1) is 0 Å². The Balaban J connectivity index is 2.22. The highest BCUT2D eigenvalue weighted by atomic mass is 16.5. The molecule has 0 saturated carbocycles. The van der Waals surface area contributed by atoms with E-state index in [1.807, 2.05) is 12.1 Å². The predicted molar refractivity (Wildman–Crippen MR) is 76.0 cm³/mol. The first-order chi connectivity index (χ1) is 8.76. The molecule has 2 N–H and O–H groups in total. The molecule has 0 spiro atoms. The van der Waals surface area contributed by atoms with E-state index in [0.717, 1.165) is 31.6 Å². The van der Waals surface area contributed by atoms with Crippen molar-refractivity contribution in [1.29, 1.82) is 0 Å².